The number of Topliss-reactive ketones (excluding diaryl/α,β-unsaturated/α-hetero) is 1. The molecule has 0 saturated carbocycles. The van der Waals surface area contributed by atoms with Crippen molar-refractivity contribution in [2.24, 2.45) is 0 Å². The second-order valence-corrected chi connectivity index (χ2v) is 13.5. The Bertz CT molecular complexity index is 2200. The average molecular weight is 746 g/mol. The summed E-state index contributed by atoms with van der Waals surface area (Å²) in [6.07, 6.45) is -4.15. The van der Waals surface area contributed by atoms with Gasteiger partial charge in [0.1, 0.15) is 10.6 Å². The van der Waals surface area contributed by atoms with Crippen LogP contribution in [0.3, 0.4) is 0 Å². The highest BCUT2D eigenvalue weighted by atomic mass is 35.5. The van der Waals surface area contributed by atoms with Gasteiger partial charge < -0.3 is 5.32 Å². The molecule has 0 aliphatic heterocycles. The second-order valence-electron chi connectivity index (χ2n) is 10.7. The zero-order valence-corrected chi connectivity index (χ0v) is 26.7. The third kappa shape index (κ3) is 7.89. The van der Waals surface area contributed by atoms with E-state index < -0.39 is 58.3 Å². The molecule has 0 radical (unpaired) electrons. The number of hydrogen-bond acceptors (Lipinski definition) is 8. The first-order valence-corrected chi connectivity index (χ1v) is 16.2. The maximum absolute atomic E-state index is 13.9. The van der Waals surface area contributed by atoms with E-state index in [9.17, 15) is 47.5 Å². The number of ketones is 1. The lowest BCUT2D eigenvalue weighted by Crippen LogP contribution is -2.25. The van der Waals surface area contributed by atoms with Gasteiger partial charge in [0.05, 0.1) is 28.9 Å². The number of tetrazole rings is 1. The zero-order valence-electron chi connectivity index (χ0n) is 25.1. The van der Waals surface area contributed by atoms with Crippen molar-refractivity contribution in [3.8, 4) is 11.9 Å². The molecule has 0 spiro atoms. The van der Waals surface area contributed by atoms with Crippen molar-refractivity contribution in [2.45, 2.75) is 37.5 Å². The predicted octanol–water partition coefficient (Wildman–Crippen LogP) is 7.17. The minimum atomic E-state index is -10.0. The molecule has 1 amide bonds. The molecule has 0 aliphatic rings. The molecule has 3 heterocycles. The molecule has 3 aromatic heterocycles. The number of amides is 1. The lowest BCUT2D eigenvalue weighted by Gasteiger charge is -2.40. The fourth-order valence-corrected chi connectivity index (χ4v) is 5.72. The molecule has 0 bridgehead atoms. The number of nitriles is 1. The molecule has 50 heavy (non-hydrogen) atoms. The standard InChI is InChI=1S/C29H20ClF8N9O2S/c1-16-8-18(13-39)10-22(27(49)41-14-17-4-2-5-20(9-17)50(34,35,36,37)38)21(16)12-25(48)24-11-19(15-46-28(29(31,32)33)42-44-45-46)43-47(24)26-23(30)6-3-7-40-26/h2-11H,12,14-15H2,1H3,(H,41,49). The summed E-state index contributed by atoms with van der Waals surface area (Å²) in [5, 5.41) is 25.4. The predicted molar refractivity (Wildman–Crippen MR) is 161 cm³/mol. The average Bonchev–Trinajstić information content (AvgIpc) is 3.67. The molecule has 5 aromatic rings. The smallest absolute Gasteiger partial charge is 0.348 e. The number of rotatable bonds is 10. The molecule has 0 unspecified atom stereocenters. The number of halogens is 9. The highest BCUT2D eigenvalue weighted by Crippen LogP contribution is 3.02. The number of benzene rings is 2. The number of nitrogens with zero attached hydrogens (tertiary/aromatic N) is 8. The summed E-state index contributed by atoms with van der Waals surface area (Å²) >= 11 is 6.29. The molecular weight excluding hydrogens is 726 g/mol. The van der Waals surface area contributed by atoms with E-state index in [4.69, 9.17) is 11.6 Å². The van der Waals surface area contributed by atoms with Gasteiger partial charge in [-0.15, -0.1) is 5.10 Å². The maximum Gasteiger partial charge on any atom is 0.453 e. The number of aryl methyl sites for hydroxylation is 1. The molecule has 0 fully saturated rings. The number of carbonyl (C=O) groups is 2. The van der Waals surface area contributed by atoms with E-state index in [1.54, 1.807) is 0 Å². The van der Waals surface area contributed by atoms with Gasteiger partial charge in [-0.25, -0.2) is 14.3 Å². The van der Waals surface area contributed by atoms with E-state index in [1.165, 1.54) is 31.3 Å². The van der Waals surface area contributed by atoms with Crippen LogP contribution in [-0.2, 0) is 25.7 Å². The van der Waals surface area contributed by atoms with Crippen molar-refractivity contribution in [3.05, 3.63) is 111 Å². The zero-order chi connectivity index (χ0) is 36.7. The van der Waals surface area contributed by atoms with Crippen LogP contribution in [0.1, 0.15) is 54.6 Å². The van der Waals surface area contributed by atoms with Gasteiger partial charge in [-0.3, -0.25) is 9.59 Å². The van der Waals surface area contributed by atoms with Crippen LogP contribution in [0.2, 0.25) is 5.02 Å². The van der Waals surface area contributed by atoms with Crippen molar-refractivity contribution in [1.29, 1.82) is 5.26 Å². The lowest BCUT2D eigenvalue weighted by molar-refractivity contribution is -0.147. The van der Waals surface area contributed by atoms with Gasteiger partial charge in [-0.1, -0.05) is 43.2 Å². The highest BCUT2D eigenvalue weighted by molar-refractivity contribution is 8.45. The van der Waals surface area contributed by atoms with Crippen LogP contribution in [0.5, 0.6) is 0 Å². The largest absolute Gasteiger partial charge is 0.453 e. The number of alkyl halides is 3. The van der Waals surface area contributed by atoms with Gasteiger partial charge in [-0.05, 0) is 76.5 Å². The lowest BCUT2D eigenvalue weighted by atomic mass is 9.93. The molecule has 5 rings (SSSR count). The number of nitrogens with one attached hydrogen (secondary N) is 1. The number of aromatic nitrogens is 7. The number of pyridine rings is 1. The van der Waals surface area contributed by atoms with Crippen LogP contribution in [0, 0.1) is 18.3 Å². The Labute approximate surface area is 281 Å². The molecule has 0 saturated heterocycles. The van der Waals surface area contributed by atoms with Gasteiger partial charge in [0.25, 0.3) is 11.7 Å². The molecule has 262 valence electrons. The topological polar surface area (TPSA) is 144 Å². The van der Waals surface area contributed by atoms with Crippen LogP contribution in [0.25, 0.3) is 5.82 Å². The minimum absolute atomic E-state index is 0.0124. The summed E-state index contributed by atoms with van der Waals surface area (Å²) in [5.41, 5.74) is -0.563. The SMILES string of the molecule is Cc1cc(C#N)cc(C(=O)NCc2cccc(S(F)(F)(F)(F)F)c2)c1CC(=O)c1cc(Cn2nnnc2C(F)(F)F)nn1-c1ncccc1Cl. The first kappa shape index (κ1) is 35.9. The van der Waals surface area contributed by atoms with Crippen LogP contribution in [0.15, 0.2) is 65.7 Å². The Morgan fingerprint density at radius 2 is 1.78 bits per heavy atom. The molecule has 2 aromatic carbocycles. The summed E-state index contributed by atoms with van der Waals surface area (Å²) in [5.74, 6) is -3.20. The van der Waals surface area contributed by atoms with Crippen molar-refractivity contribution < 1.29 is 42.2 Å². The van der Waals surface area contributed by atoms with E-state index in [0.717, 1.165) is 28.9 Å². The van der Waals surface area contributed by atoms with E-state index in [1.807, 2.05) is 6.07 Å². The summed E-state index contributed by atoms with van der Waals surface area (Å²) in [6.45, 7) is 0.217. The Morgan fingerprint density at radius 3 is 2.44 bits per heavy atom. The van der Waals surface area contributed by atoms with Crippen LogP contribution >= 0.6 is 21.8 Å². The fourth-order valence-electron chi connectivity index (χ4n) is 4.81. The molecule has 11 nitrogen and oxygen atoms in total. The van der Waals surface area contributed by atoms with Crippen LogP contribution < -0.4 is 5.32 Å². The van der Waals surface area contributed by atoms with Gasteiger partial charge in [0.15, 0.2) is 11.6 Å². The Hall–Kier alpha value is -5.42. The highest BCUT2D eigenvalue weighted by Gasteiger charge is 2.65. The number of carbonyl (C=O) groups excluding carboxylic acids is 2. The maximum atomic E-state index is 13.9. The van der Waals surface area contributed by atoms with Gasteiger partial charge in [0.2, 0.25) is 0 Å². The van der Waals surface area contributed by atoms with Gasteiger partial charge in [0, 0.05) is 24.7 Å². The van der Waals surface area contributed by atoms with Crippen LogP contribution in [-0.4, -0.2) is 46.7 Å². The van der Waals surface area contributed by atoms with Crippen molar-refractivity contribution >= 4 is 33.5 Å². The Kier molecular flexibility index (Phi) is 8.73. The quantitative estimate of drug-likeness (QED) is 0.117. The summed E-state index contributed by atoms with van der Waals surface area (Å²) in [4.78, 5) is 29.2. The van der Waals surface area contributed by atoms with E-state index in [-0.39, 0.29) is 62.2 Å². The molecule has 0 atom stereocenters. The first-order chi connectivity index (χ1) is 23.1. The fraction of sp³-hybridized carbons (Fsp3) is 0.172. The molecule has 0 aliphatic carbocycles. The van der Waals surface area contributed by atoms with E-state index in [2.05, 4.69) is 30.9 Å². The summed E-state index contributed by atoms with van der Waals surface area (Å²) < 4.78 is 108. The minimum Gasteiger partial charge on any atom is -0.348 e. The van der Waals surface area contributed by atoms with Gasteiger partial charge in [-0.2, -0.15) is 23.5 Å². The summed E-state index contributed by atoms with van der Waals surface area (Å²) in [7, 11) is -10.0. The Morgan fingerprint density at radius 1 is 1.04 bits per heavy atom. The third-order valence-corrected chi connectivity index (χ3v) is 8.50. The van der Waals surface area contributed by atoms with Gasteiger partial charge >= 0.3 is 16.4 Å². The second kappa shape index (κ2) is 12.2. The van der Waals surface area contributed by atoms with Crippen LogP contribution in [0.4, 0.5) is 32.6 Å². The number of hydrogen-bond donors (Lipinski definition) is 1. The first-order valence-electron chi connectivity index (χ1n) is 13.9. The normalized spacial score (nSPS) is 13.3. The molecule has 21 heteroatoms. The molecular formula is C29H20ClF8N9O2S. The van der Waals surface area contributed by atoms with Crippen molar-refractivity contribution in [3.63, 3.8) is 0 Å². The molecule has 1 N–H and O–H groups in total. The Balaban J connectivity index is 1.49. The monoisotopic (exact) mass is 745 g/mol. The van der Waals surface area contributed by atoms with E-state index >= 15 is 0 Å². The third-order valence-electron chi connectivity index (χ3n) is 7.06. The van der Waals surface area contributed by atoms with E-state index in [0.29, 0.717) is 4.68 Å². The van der Waals surface area contributed by atoms with Crippen molar-refractivity contribution in [1.82, 2.24) is 40.3 Å². The van der Waals surface area contributed by atoms with Crippen molar-refractivity contribution in [2.75, 3.05) is 0 Å². The summed E-state index contributed by atoms with van der Waals surface area (Å²) in [6, 6.07) is 10.7.